The maximum absolute atomic E-state index is 10.4. The zero-order valence-corrected chi connectivity index (χ0v) is 8.78. The van der Waals surface area contributed by atoms with E-state index in [4.69, 9.17) is 10.8 Å². The van der Waals surface area contributed by atoms with E-state index in [2.05, 4.69) is 10.2 Å². The second-order valence-electron chi connectivity index (χ2n) is 2.99. The largest absolute Gasteiger partial charge is 0.481 e. The number of hydrogen-bond donors (Lipinski definition) is 2. The van der Waals surface area contributed by atoms with Gasteiger partial charge in [-0.2, -0.15) is 0 Å². The highest BCUT2D eigenvalue weighted by atomic mass is 32.2. The van der Waals surface area contributed by atoms with E-state index in [1.165, 1.54) is 0 Å². The molecule has 0 aliphatic rings. The first-order valence-corrected chi connectivity index (χ1v) is 5.06. The first-order chi connectivity index (χ1) is 6.52. The summed E-state index contributed by atoms with van der Waals surface area (Å²) in [5.74, 6) is -0.607. The van der Waals surface area contributed by atoms with Gasteiger partial charge in [-0.05, 0) is 13.8 Å². The third kappa shape index (κ3) is 2.38. The zero-order valence-electron chi connectivity index (χ0n) is 7.97. The van der Waals surface area contributed by atoms with Crippen LogP contribution in [0.5, 0.6) is 0 Å². The molecule has 0 aliphatic heterocycles. The summed E-state index contributed by atoms with van der Waals surface area (Å²) in [6, 6.07) is 0.126. The van der Waals surface area contributed by atoms with Gasteiger partial charge in [0.25, 0.3) is 0 Å². The Balaban J connectivity index is 2.81. The van der Waals surface area contributed by atoms with Crippen LogP contribution in [0.25, 0.3) is 0 Å². The van der Waals surface area contributed by atoms with E-state index in [0.29, 0.717) is 11.1 Å². The SMILES string of the molecule is CC(C)n1c(N)nnc1SCC(=O)O. The van der Waals surface area contributed by atoms with Gasteiger partial charge < -0.3 is 10.8 Å². The van der Waals surface area contributed by atoms with Gasteiger partial charge in [0.1, 0.15) is 0 Å². The Morgan fingerprint density at radius 2 is 2.29 bits per heavy atom. The van der Waals surface area contributed by atoms with E-state index in [0.717, 1.165) is 11.8 Å². The molecule has 0 saturated carbocycles. The van der Waals surface area contributed by atoms with Crippen LogP contribution in [0.4, 0.5) is 5.95 Å². The van der Waals surface area contributed by atoms with E-state index in [-0.39, 0.29) is 11.8 Å². The number of carbonyl (C=O) groups is 1. The lowest BCUT2D eigenvalue weighted by atomic mass is 10.4. The summed E-state index contributed by atoms with van der Waals surface area (Å²) in [6.07, 6.45) is 0. The van der Waals surface area contributed by atoms with Crippen molar-refractivity contribution in [1.82, 2.24) is 14.8 Å². The Morgan fingerprint density at radius 3 is 2.79 bits per heavy atom. The summed E-state index contributed by atoms with van der Waals surface area (Å²) in [6.45, 7) is 3.87. The molecule has 14 heavy (non-hydrogen) atoms. The third-order valence-corrected chi connectivity index (χ3v) is 2.46. The predicted octanol–water partition coefficient (Wildman–Crippen LogP) is 0.618. The fraction of sp³-hybridized carbons (Fsp3) is 0.571. The maximum atomic E-state index is 10.4. The first-order valence-electron chi connectivity index (χ1n) is 4.07. The molecule has 0 aliphatic carbocycles. The summed E-state index contributed by atoms with van der Waals surface area (Å²) in [4.78, 5) is 10.4. The van der Waals surface area contributed by atoms with Crippen LogP contribution in [0.2, 0.25) is 0 Å². The zero-order chi connectivity index (χ0) is 10.7. The van der Waals surface area contributed by atoms with Gasteiger partial charge in [-0.15, -0.1) is 10.2 Å². The van der Waals surface area contributed by atoms with Crippen molar-refractivity contribution in [3.63, 3.8) is 0 Å². The summed E-state index contributed by atoms with van der Waals surface area (Å²) < 4.78 is 1.70. The Hall–Kier alpha value is -1.24. The Bertz CT molecular complexity index is 336. The van der Waals surface area contributed by atoms with Crippen LogP contribution in [0.1, 0.15) is 19.9 Å². The van der Waals surface area contributed by atoms with Gasteiger partial charge in [-0.1, -0.05) is 11.8 Å². The highest BCUT2D eigenvalue weighted by Crippen LogP contribution is 2.21. The number of carboxylic acid groups (broad SMARTS) is 1. The molecule has 0 amide bonds. The summed E-state index contributed by atoms with van der Waals surface area (Å²) in [5, 5.41) is 16.5. The molecule has 3 N–H and O–H groups in total. The maximum Gasteiger partial charge on any atom is 0.313 e. The van der Waals surface area contributed by atoms with Crippen LogP contribution in [-0.2, 0) is 4.79 Å². The minimum Gasteiger partial charge on any atom is -0.481 e. The molecular formula is C7H12N4O2S. The minimum atomic E-state index is -0.883. The van der Waals surface area contributed by atoms with Crippen LogP contribution in [0, 0.1) is 0 Å². The standard InChI is InChI=1S/C7H12N4O2S/c1-4(2)11-6(8)9-10-7(11)14-3-5(12)13/h4H,3H2,1-2H3,(H2,8,9)(H,12,13). The lowest BCUT2D eigenvalue weighted by molar-refractivity contribution is -0.133. The van der Waals surface area contributed by atoms with E-state index in [1.54, 1.807) is 4.57 Å². The number of nitrogens with zero attached hydrogens (tertiary/aromatic N) is 3. The summed E-state index contributed by atoms with van der Waals surface area (Å²) in [5.41, 5.74) is 5.58. The number of carboxylic acids is 1. The lowest BCUT2D eigenvalue weighted by Crippen LogP contribution is -2.08. The second-order valence-corrected chi connectivity index (χ2v) is 3.93. The Kier molecular flexibility index (Phi) is 3.34. The van der Waals surface area contributed by atoms with Gasteiger partial charge in [-0.25, -0.2) is 0 Å². The van der Waals surface area contributed by atoms with Crippen molar-refractivity contribution in [3.8, 4) is 0 Å². The van der Waals surface area contributed by atoms with E-state index >= 15 is 0 Å². The molecule has 0 atom stereocenters. The normalized spacial score (nSPS) is 10.8. The average molecular weight is 216 g/mol. The smallest absolute Gasteiger partial charge is 0.313 e. The molecule has 0 saturated heterocycles. The van der Waals surface area contributed by atoms with Crippen LogP contribution < -0.4 is 5.73 Å². The Morgan fingerprint density at radius 1 is 1.64 bits per heavy atom. The number of hydrogen-bond acceptors (Lipinski definition) is 5. The van der Waals surface area contributed by atoms with E-state index in [1.807, 2.05) is 13.8 Å². The molecule has 1 aromatic rings. The first kappa shape index (κ1) is 10.8. The van der Waals surface area contributed by atoms with Gasteiger partial charge in [0, 0.05) is 6.04 Å². The molecule has 1 rings (SSSR count). The number of nitrogens with two attached hydrogens (primary N) is 1. The topological polar surface area (TPSA) is 94.0 Å². The van der Waals surface area contributed by atoms with Crippen LogP contribution >= 0.6 is 11.8 Å². The molecule has 0 unspecified atom stereocenters. The molecule has 0 fully saturated rings. The minimum absolute atomic E-state index is 0.0369. The van der Waals surface area contributed by atoms with Gasteiger partial charge in [0.05, 0.1) is 5.75 Å². The lowest BCUT2D eigenvalue weighted by Gasteiger charge is -2.10. The van der Waals surface area contributed by atoms with E-state index < -0.39 is 5.97 Å². The van der Waals surface area contributed by atoms with Crippen molar-refractivity contribution in [3.05, 3.63) is 0 Å². The van der Waals surface area contributed by atoms with Crippen LogP contribution in [-0.4, -0.2) is 31.6 Å². The average Bonchev–Trinajstić information content (AvgIpc) is 2.43. The number of rotatable bonds is 4. The molecular weight excluding hydrogens is 204 g/mol. The number of aliphatic carboxylic acids is 1. The van der Waals surface area contributed by atoms with Crippen LogP contribution in [0.3, 0.4) is 0 Å². The molecule has 7 heteroatoms. The van der Waals surface area contributed by atoms with Crippen molar-refractivity contribution in [2.75, 3.05) is 11.5 Å². The Labute approximate surface area is 85.5 Å². The summed E-state index contributed by atoms with van der Waals surface area (Å²) in [7, 11) is 0. The molecule has 0 radical (unpaired) electrons. The molecule has 1 aromatic heterocycles. The quantitative estimate of drug-likeness (QED) is 0.716. The number of nitrogen functional groups attached to an aromatic ring is 1. The highest BCUT2D eigenvalue weighted by Gasteiger charge is 2.13. The molecule has 0 bridgehead atoms. The van der Waals surface area contributed by atoms with Gasteiger partial charge in [0.2, 0.25) is 5.95 Å². The van der Waals surface area contributed by atoms with Gasteiger partial charge in [-0.3, -0.25) is 9.36 Å². The number of thioether (sulfide) groups is 1. The molecule has 0 spiro atoms. The van der Waals surface area contributed by atoms with Gasteiger partial charge >= 0.3 is 5.97 Å². The fourth-order valence-corrected chi connectivity index (χ4v) is 1.79. The van der Waals surface area contributed by atoms with Crippen molar-refractivity contribution < 1.29 is 9.90 Å². The summed E-state index contributed by atoms with van der Waals surface area (Å²) >= 11 is 1.11. The molecule has 6 nitrogen and oxygen atoms in total. The van der Waals surface area contributed by atoms with Crippen molar-refractivity contribution >= 4 is 23.7 Å². The molecule has 0 aromatic carbocycles. The highest BCUT2D eigenvalue weighted by molar-refractivity contribution is 7.99. The van der Waals surface area contributed by atoms with Crippen molar-refractivity contribution in [2.45, 2.75) is 25.0 Å². The third-order valence-electron chi connectivity index (χ3n) is 1.53. The van der Waals surface area contributed by atoms with Crippen molar-refractivity contribution in [2.24, 2.45) is 0 Å². The van der Waals surface area contributed by atoms with E-state index in [9.17, 15) is 4.79 Å². The number of anilines is 1. The van der Waals surface area contributed by atoms with Gasteiger partial charge in [0.15, 0.2) is 5.16 Å². The predicted molar refractivity (Wildman–Crippen MR) is 53.2 cm³/mol. The van der Waals surface area contributed by atoms with Crippen molar-refractivity contribution in [1.29, 1.82) is 0 Å². The monoisotopic (exact) mass is 216 g/mol. The van der Waals surface area contributed by atoms with Crippen LogP contribution in [0.15, 0.2) is 5.16 Å². The molecule has 1 heterocycles. The fourth-order valence-electron chi connectivity index (χ4n) is 0.998. The number of aromatic nitrogens is 3. The molecule has 78 valence electrons. The second kappa shape index (κ2) is 4.32.